The summed E-state index contributed by atoms with van der Waals surface area (Å²) in [6, 6.07) is 7.24. The molecule has 0 bridgehead atoms. The number of aryl methyl sites for hydroxylation is 1. The highest BCUT2D eigenvalue weighted by molar-refractivity contribution is 9.10. The van der Waals surface area contributed by atoms with Gasteiger partial charge in [0.2, 0.25) is 0 Å². The van der Waals surface area contributed by atoms with Gasteiger partial charge in [0.05, 0.1) is 10.7 Å². The molecule has 27 heavy (non-hydrogen) atoms. The van der Waals surface area contributed by atoms with Crippen LogP contribution in [-0.2, 0) is 6.54 Å². The molecule has 0 unspecified atom stereocenters. The van der Waals surface area contributed by atoms with E-state index in [1.165, 1.54) is 0 Å². The third-order valence-electron chi connectivity index (χ3n) is 3.58. The van der Waals surface area contributed by atoms with Gasteiger partial charge in [-0.1, -0.05) is 22.9 Å². The number of amides is 2. The van der Waals surface area contributed by atoms with Gasteiger partial charge in [-0.2, -0.15) is 10.1 Å². The normalized spacial score (nSPS) is 10.6. The summed E-state index contributed by atoms with van der Waals surface area (Å²) in [5.41, 5.74) is 1.65. The third-order valence-corrected chi connectivity index (χ3v) is 3.99. The molecule has 0 spiro atoms. The quantitative estimate of drug-likeness (QED) is 0.547. The summed E-state index contributed by atoms with van der Waals surface area (Å²) >= 11 is 3.30. The summed E-state index contributed by atoms with van der Waals surface area (Å²) in [4.78, 5) is 28.0. The minimum atomic E-state index is -0.500. The van der Waals surface area contributed by atoms with E-state index in [-0.39, 0.29) is 31.4 Å². The fourth-order valence-electron chi connectivity index (χ4n) is 2.21. The number of nitrogens with zero attached hydrogens (tertiary/aromatic N) is 4. The molecule has 0 radical (unpaired) electrons. The first-order chi connectivity index (χ1) is 13.0. The van der Waals surface area contributed by atoms with Crippen LogP contribution in [0.15, 0.2) is 45.7 Å². The van der Waals surface area contributed by atoms with Crippen molar-refractivity contribution in [1.29, 1.82) is 0 Å². The smallest absolute Gasteiger partial charge is 0.316 e. The molecule has 2 N–H and O–H groups in total. The first kappa shape index (κ1) is 18.8. The van der Waals surface area contributed by atoms with E-state index < -0.39 is 5.91 Å². The molecule has 0 saturated carbocycles. The number of rotatable bonds is 7. The fourth-order valence-corrected chi connectivity index (χ4v) is 2.54. The van der Waals surface area contributed by atoms with Crippen molar-refractivity contribution in [3.63, 3.8) is 0 Å². The van der Waals surface area contributed by atoms with Gasteiger partial charge in [-0.15, -0.1) is 0 Å². The molecule has 1 aromatic carbocycles. The summed E-state index contributed by atoms with van der Waals surface area (Å²) in [5.74, 6) is -0.501. The standard InChI is InChI=1S/C17H17BrN6O3/c1-11-2-4-12(5-3-11)15(25)19-6-7-20-16(26)17-22-14(23-27-17)10-24-9-13(18)8-21-24/h2-5,8-9H,6-7,10H2,1H3,(H,19,25)(H,20,26). The lowest BCUT2D eigenvalue weighted by Gasteiger charge is -2.06. The van der Waals surface area contributed by atoms with Gasteiger partial charge in [-0.25, -0.2) is 0 Å². The van der Waals surface area contributed by atoms with Gasteiger partial charge < -0.3 is 15.2 Å². The zero-order valence-corrected chi connectivity index (χ0v) is 16.1. The molecule has 10 heteroatoms. The molecule has 0 aliphatic carbocycles. The molecule has 140 valence electrons. The van der Waals surface area contributed by atoms with Crippen LogP contribution in [0.5, 0.6) is 0 Å². The largest absolute Gasteiger partial charge is 0.350 e. The molecule has 2 heterocycles. The van der Waals surface area contributed by atoms with E-state index in [0.717, 1.165) is 10.0 Å². The van der Waals surface area contributed by atoms with Crippen LogP contribution in [0, 0.1) is 6.92 Å². The molecule has 3 rings (SSSR count). The van der Waals surface area contributed by atoms with Crippen molar-refractivity contribution in [2.24, 2.45) is 0 Å². The maximum atomic E-state index is 12.0. The molecule has 0 fully saturated rings. The zero-order chi connectivity index (χ0) is 19.2. The Morgan fingerprint density at radius 1 is 1.15 bits per heavy atom. The predicted octanol–water partition coefficient (Wildman–Crippen LogP) is 1.55. The SMILES string of the molecule is Cc1ccc(C(=O)NCCNC(=O)c2nc(Cn3cc(Br)cn3)no2)cc1. The maximum Gasteiger partial charge on any atom is 0.316 e. The van der Waals surface area contributed by atoms with E-state index in [2.05, 4.69) is 41.8 Å². The molecule has 0 saturated heterocycles. The first-order valence-corrected chi connectivity index (χ1v) is 8.94. The molecule has 3 aromatic rings. The van der Waals surface area contributed by atoms with E-state index in [9.17, 15) is 9.59 Å². The van der Waals surface area contributed by atoms with Gasteiger partial charge in [0.1, 0.15) is 6.54 Å². The molecule has 9 nitrogen and oxygen atoms in total. The molecule has 0 atom stereocenters. The highest BCUT2D eigenvalue weighted by Crippen LogP contribution is 2.07. The monoisotopic (exact) mass is 432 g/mol. The van der Waals surface area contributed by atoms with Crippen molar-refractivity contribution in [2.75, 3.05) is 13.1 Å². The van der Waals surface area contributed by atoms with Crippen LogP contribution in [0.2, 0.25) is 0 Å². The molecule has 2 amide bonds. The van der Waals surface area contributed by atoms with Gasteiger partial charge in [0, 0.05) is 24.8 Å². The fraction of sp³-hybridized carbons (Fsp3) is 0.235. The number of nitrogens with one attached hydrogen (secondary N) is 2. The van der Waals surface area contributed by atoms with E-state index in [0.29, 0.717) is 11.4 Å². The van der Waals surface area contributed by atoms with Crippen LogP contribution in [0.1, 0.15) is 32.4 Å². The molecular weight excluding hydrogens is 416 g/mol. The van der Waals surface area contributed by atoms with Gasteiger partial charge in [0.15, 0.2) is 5.82 Å². The van der Waals surface area contributed by atoms with Crippen molar-refractivity contribution in [1.82, 2.24) is 30.6 Å². The summed E-state index contributed by atoms with van der Waals surface area (Å²) in [7, 11) is 0. The number of benzene rings is 1. The van der Waals surface area contributed by atoms with Crippen LogP contribution >= 0.6 is 15.9 Å². The predicted molar refractivity (Wildman–Crippen MR) is 99.2 cm³/mol. The lowest BCUT2D eigenvalue weighted by molar-refractivity contribution is 0.0898. The van der Waals surface area contributed by atoms with Crippen LogP contribution < -0.4 is 10.6 Å². The second kappa shape index (κ2) is 8.58. The lowest BCUT2D eigenvalue weighted by Crippen LogP contribution is -2.34. The summed E-state index contributed by atoms with van der Waals surface area (Å²) < 4.78 is 7.39. The van der Waals surface area contributed by atoms with Crippen molar-refractivity contribution in [3.8, 4) is 0 Å². The second-order valence-corrected chi connectivity index (χ2v) is 6.67. The first-order valence-electron chi connectivity index (χ1n) is 8.15. The molecule has 0 aliphatic heterocycles. The van der Waals surface area contributed by atoms with Crippen LogP contribution in [0.25, 0.3) is 0 Å². The molecular formula is C17H17BrN6O3. The average Bonchev–Trinajstić information content (AvgIpc) is 3.28. The number of hydrogen-bond donors (Lipinski definition) is 2. The van der Waals surface area contributed by atoms with Crippen LogP contribution in [-0.4, -0.2) is 44.8 Å². The Labute approximate surface area is 163 Å². The van der Waals surface area contributed by atoms with E-state index in [1.54, 1.807) is 29.2 Å². The van der Waals surface area contributed by atoms with E-state index in [1.807, 2.05) is 19.1 Å². The van der Waals surface area contributed by atoms with Gasteiger partial charge in [-0.05, 0) is 35.0 Å². The minimum Gasteiger partial charge on any atom is -0.350 e. The van der Waals surface area contributed by atoms with Crippen molar-refractivity contribution >= 4 is 27.7 Å². The van der Waals surface area contributed by atoms with Crippen molar-refractivity contribution in [3.05, 3.63) is 64.0 Å². The Morgan fingerprint density at radius 2 is 1.85 bits per heavy atom. The number of aromatic nitrogens is 4. The minimum absolute atomic E-state index is 0.138. The van der Waals surface area contributed by atoms with Crippen molar-refractivity contribution in [2.45, 2.75) is 13.5 Å². The Hall–Kier alpha value is -3.01. The molecule has 2 aromatic heterocycles. The third kappa shape index (κ3) is 5.23. The van der Waals surface area contributed by atoms with Gasteiger partial charge in [0.25, 0.3) is 5.91 Å². The van der Waals surface area contributed by atoms with E-state index in [4.69, 9.17) is 4.52 Å². The summed E-state index contributed by atoms with van der Waals surface area (Å²) in [5, 5.41) is 13.2. The highest BCUT2D eigenvalue weighted by atomic mass is 79.9. The van der Waals surface area contributed by atoms with Crippen LogP contribution in [0.4, 0.5) is 0 Å². The highest BCUT2D eigenvalue weighted by Gasteiger charge is 2.15. The van der Waals surface area contributed by atoms with Crippen molar-refractivity contribution < 1.29 is 14.1 Å². The number of halogens is 1. The number of carbonyl (C=O) groups excluding carboxylic acids is 2. The Morgan fingerprint density at radius 3 is 2.52 bits per heavy atom. The summed E-state index contributed by atoms with van der Waals surface area (Å²) in [6.45, 7) is 2.75. The Kier molecular flexibility index (Phi) is 5.97. The number of carbonyl (C=O) groups is 2. The van der Waals surface area contributed by atoms with E-state index >= 15 is 0 Å². The summed E-state index contributed by atoms with van der Waals surface area (Å²) in [6.07, 6.45) is 3.39. The topological polar surface area (TPSA) is 115 Å². The number of hydrogen-bond acceptors (Lipinski definition) is 6. The zero-order valence-electron chi connectivity index (χ0n) is 14.5. The second-order valence-electron chi connectivity index (χ2n) is 5.75. The maximum absolute atomic E-state index is 12.0. The van der Waals surface area contributed by atoms with Gasteiger partial charge in [-0.3, -0.25) is 14.3 Å². The Bertz CT molecular complexity index is 934. The van der Waals surface area contributed by atoms with Crippen LogP contribution in [0.3, 0.4) is 0 Å². The van der Waals surface area contributed by atoms with Gasteiger partial charge >= 0.3 is 11.8 Å². The molecule has 0 aliphatic rings. The lowest BCUT2D eigenvalue weighted by atomic mass is 10.1. The Balaban J connectivity index is 1.43. The average molecular weight is 433 g/mol.